The minimum absolute atomic E-state index is 0.156. The van der Waals surface area contributed by atoms with Crippen molar-refractivity contribution in [3.05, 3.63) is 45.3 Å². The van der Waals surface area contributed by atoms with Gasteiger partial charge in [-0.05, 0) is 62.9 Å². The number of aryl methyl sites for hydroxylation is 1. The lowest BCUT2D eigenvalue weighted by molar-refractivity contribution is -0.113. The predicted octanol–water partition coefficient (Wildman–Crippen LogP) is 5.08. The van der Waals surface area contributed by atoms with Gasteiger partial charge in [0.05, 0.1) is 17.9 Å². The van der Waals surface area contributed by atoms with E-state index in [1.165, 1.54) is 23.1 Å². The van der Waals surface area contributed by atoms with Crippen LogP contribution >= 0.6 is 34.7 Å². The zero-order valence-electron chi connectivity index (χ0n) is 17.8. The summed E-state index contributed by atoms with van der Waals surface area (Å²) in [5.74, 6) is 0.322. The smallest absolute Gasteiger partial charge is 0.341 e. The number of halogens is 1. The Hall–Kier alpha value is -2.36. The second-order valence-electron chi connectivity index (χ2n) is 7.18. The SMILES string of the molecule is CCOC(=O)c1c(NC(=O)CSc2nnc(-c3ccc(Cl)cc3)n2CC)sc2c1CCC2. The van der Waals surface area contributed by atoms with Gasteiger partial charge in [-0.15, -0.1) is 21.5 Å². The average molecular weight is 491 g/mol. The normalized spacial score (nSPS) is 12.6. The molecule has 1 amide bonds. The third-order valence-electron chi connectivity index (χ3n) is 5.12. The van der Waals surface area contributed by atoms with E-state index in [0.29, 0.717) is 33.9 Å². The van der Waals surface area contributed by atoms with Crippen molar-refractivity contribution in [3.63, 3.8) is 0 Å². The number of aromatic nitrogens is 3. The van der Waals surface area contributed by atoms with Gasteiger partial charge in [0.2, 0.25) is 5.91 Å². The lowest BCUT2D eigenvalue weighted by atomic mass is 10.1. The number of ether oxygens (including phenoxy) is 1. The summed E-state index contributed by atoms with van der Waals surface area (Å²) in [4.78, 5) is 26.4. The van der Waals surface area contributed by atoms with E-state index in [1.54, 1.807) is 6.92 Å². The van der Waals surface area contributed by atoms with Gasteiger partial charge in [-0.1, -0.05) is 23.4 Å². The van der Waals surface area contributed by atoms with E-state index in [1.807, 2.05) is 35.8 Å². The van der Waals surface area contributed by atoms with Crippen LogP contribution in [0.5, 0.6) is 0 Å². The number of fused-ring (bicyclic) bond motifs is 1. The molecule has 0 spiro atoms. The molecule has 1 aliphatic carbocycles. The van der Waals surface area contributed by atoms with Crippen molar-refractivity contribution in [1.29, 1.82) is 0 Å². The van der Waals surface area contributed by atoms with Crippen LogP contribution in [0, 0.1) is 0 Å². The molecule has 0 saturated heterocycles. The van der Waals surface area contributed by atoms with Crippen LogP contribution in [-0.4, -0.2) is 39.0 Å². The lowest BCUT2D eigenvalue weighted by Gasteiger charge is -2.09. The van der Waals surface area contributed by atoms with Crippen LogP contribution in [0.2, 0.25) is 5.02 Å². The number of carbonyl (C=O) groups excluding carboxylic acids is 2. The van der Waals surface area contributed by atoms with Gasteiger partial charge in [-0.2, -0.15) is 0 Å². The first kappa shape index (κ1) is 22.8. The summed E-state index contributed by atoms with van der Waals surface area (Å²) >= 11 is 8.77. The summed E-state index contributed by atoms with van der Waals surface area (Å²) in [6.07, 6.45) is 2.81. The zero-order valence-corrected chi connectivity index (χ0v) is 20.2. The molecule has 0 aliphatic heterocycles. The molecule has 1 aromatic carbocycles. The Morgan fingerprint density at radius 1 is 1.22 bits per heavy atom. The summed E-state index contributed by atoms with van der Waals surface area (Å²) in [6, 6.07) is 7.41. The molecule has 0 atom stereocenters. The van der Waals surface area contributed by atoms with Gasteiger partial charge in [0.15, 0.2) is 11.0 Å². The predicted molar refractivity (Wildman–Crippen MR) is 128 cm³/mol. The van der Waals surface area contributed by atoms with Gasteiger partial charge in [-0.25, -0.2) is 4.79 Å². The van der Waals surface area contributed by atoms with Gasteiger partial charge in [0.1, 0.15) is 5.00 Å². The number of hydrogen-bond donors (Lipinski definition) is 1. The molecule has 0 saturated carbocycles. The molecule has 0 unspecified atom stereocenters. The van der Waals surface area contributed by atoms with E-state index < -0.39 is 0 Å². The van der Waals surface area contributed by atoms with Gasteiger partial charge in [-0.3, -0.25) is 4.79 Å². The highest BCUT2D eigenvalue weighted by atomic mass is 35.5. The van der Waals surface area contributed by atoms with E-state index in [0.717, 1.165) is 41.1 Å². The largest absolute Gasteiger partial charge is 0.462 e. The van der Waals surface area contributed by atoms with Crippen molar-refractivity contribution in [2.75, 3.05) is 17.7 Å². The third-order valence-corrected chi connectivity index (χ3v) is 7.55. The molecule has 3 aromatic rings. The van der Waals surface area contributed by atoms with Crippen LogP contribution < -0.4 is 5.32 Å². The van der Waals surface area contributed by atoms with Crippen molar-refractivity contribution in [2.45, 2.75) is 44.8 Å². The molecule has 2 aromatic heterocycles. The Morgan fingerprint density at radius 3 is 2.72 bits per heavy atom. The Balaban J connectivity index is 1.46. The standard InChI is InChI=1S/C22H23ClN4O3S2/c1-3-27-19(13-8-10-14(23)11-9-13)25-26-22(27)31-12-17(28)24-20-18(21(29)30-4-2)15-6-5-7-16(15)32-20/h8-11H,3-7,12H2,1-2H3,(H,24,28). The Bertz CT molecular complexity index is 1140. The summed E-state index contributed by atoms with van der Waals surface area (Å²) in [7, 11) is 0. The highest BCUT2D eigenvalue weighted by Gasteiger charge is 2.28. The van der Waals surface area contributed by atoms with Gasteiger partial charge in [0.25, 0.3) is 0 Å². The highest BCUT2D eigenvalue weighted by Crippen LogP contribution is 2.39. The summed E-state index contributed by atoms with van der Waals surface area (Å²) in [5, 5.41) is 13.4. The fourth-order valence-electron chi connectivity index (χ4n) is 3.70. The fraction of sp³-hybridized carbons (Fsp3) is 0.364. The average Bonchev–Trinajstić information content (AvgIpc) is 3.47. The van der Waals surface area contributed by atoms with E-state index in [-0.39, 0.29) is 17.6 Å². The number of anilines is 1. The van der Waals surface area contributed by atoms with Crippen LogP contribution in [0.1, 0.15) is 41.1 Å². The quantitative estimate of drug-likeness (QED) is 0.350. The van der Waals surface area contributed by atoms with Gasteiger partial charge < -0.3 is 14.6 Å². The topological polar surface area (TPSA) is 86.1 Å². The molecule has 1 N–H and O–H groups in total. The number of benzene rings is 1. The highest BCUT2D eigenvalue weighted by molar-refractivity contribution is 7.99. The number of rotatable bonds is 8. The zero-order chi connectivity index (χ0) is 22.7. The van der Waals surface area contributed by atoms with E-state index in [4.69, 9.17) is 16.3 Å². The number of thioether (sulfide) groups is 1. The number of carbonyl (C=O) groups is 2. The molecule has 4 rings (SSSR count). The summed E-state index contributed by atoms with van der Waals surface area (Å²) < 4.78 is 7.19. The van der Waals surface area contributed by atoms with Crippen LogP contribution in [0.15, 0.2) is 29.4 Å². The minimum Gasteiger partial charge on any atom is -0.462 e. The molecule has 168 valence electrons. The number of thiophene rings is 1. The van der Waals surface area contributed by atoms with Crippen molar-refractivity contribution >= 4 is 51.6 Å². The van der Waals surface area contributed by atoms with Crippen LogP contribution in [0.3, 0.4) is 0 Å². The number of amides is 1. The van der Waals surface area contributed by atoms with Gasteiger partial charge in [0, 0.05) is 22.0 Å². The maximum atomic E-state index is 12.7. The molecule has 1 aliphatic rings. The third kappa shape index (κ3) is 4.69. The van der Waals surface area contributed by atoms with Crippen LogP contribution in [-0.2, 0) is 28.9 Å². The van der Waals surface area contributed by atoms with E-state index in [2.05, 4.69) is 15.5 Å². The van der Waals surface area contributed by atoms with Crippen molar-refractivity contribution in [1.82, 2.24) is 14.8 Å². The van der Waals surface area contributed by atoms with E-state index >= 15 is 0 Å². The molecule has 0 bridgehead atoms. The lowest BCUT2D eigenvalue weighted by Crippen LogP contribution is -2.17. The molecule has 0 radical (unpaired) electrons. The molecule has 7 nitrogen and oxygen atoms in total. The molecular formula is C22H23ClN4O3S2. The Morgan fingerprint density at radius 2 is 2.00 bits per heavy atom. The molecular weight excluding hydrogens is 468 g/mol. The summed E-state index contributed by atoms with van der Waals surface area (Å²) in [5.41, 5.74) is 2.45. The van der Waals surface area contributed by atoms with Gasteiger partial charge >= 0.3 is 5.97 Å². The number of hydrogen-bond acceptors (Lipinski definition) is 7. The molecule has 2 heterocycles. The second kappa shape index (κ2) is 10.1. The molecule has 32 heavy (non-hydrogen) atoms. The first-order valence-electron chi connectivity index (χ1n) is 10.4. The number of nitrogens with one attached hydrogen (secondary N) is 1. The van der Waals surface area contributed by atoms with Crippen molar-refractivity contribution in [3.8, 4) is 11.4 Å². The number of esters is 1. The van der Waals surface area contributed by atoms with Crippen molar-refractivity contribution in [2.24, 2.45) is 0 Å². The second-order valence-corrected chi connectivity index (χ2v) is 9.66. The van der Waals surface area contributed by atoms with Crippen LogP contribution in [0.25, 0.3) is 11.4 Å². The van der Waals surface area contributed by atoms with E-state index in [9.17, 15) is 9.59 Å². The minimum atomic E-state index is -0.367. The summed E-state index contributed by atoms with van der Waals surface area (Å²) in [6.45, 7) is 4.75. The van der Waals surface area contributed by atoms with Crippen molar-refractivity contribution < 1.29 is 14.3 Å². The number of nitrogens with zero attached hydrogens (tertiary/aromatic N) is 3. The fourth-order valence-corrected chi connectivity index (χ4v) is 5.92. The maximum absolute atomic E-state index is 12.7. The monoisotopic (exact) mass is 490 g/mol. The Kier molecular flexibility index (Phi) is 7.17. The molecule has 10 heteroatoms. The van der Waals surface area contributed by atoms with Crippen LogP contribution in [0.4, 0.5) is 5.00 Å². The first-order valence-corrected chi connectivity index (χ1v) is 12.6. The Labute approximate surface area is 199 Å². The molecule has 0 fully saturated rings. The first-order chi connectivity index (χ1) is 15.5. The maximum Gasteiger partial charge on any atom is 0.341 e.